The largest absolute Gasteiger partial charge is 0.462 e. The minimum Gasteiger partial charge on any atom is -0.462 e. The summed E-state index contributed by atoms with van der Waals surface area (Å²) in [6.45, 7) is 6.49. The third-order valence-corrected chi connectivity index (χ3v) is 14.5. The van der Waals surface area contributed by atoms with Crippen LogP contribution in [0.2, 0.25) is 0 Å². The molecule has 0 heterocycles. The predicted molar refractivity (Wildman–Crippen MR) is 330 cm³/mol. The Bertz CT molecular complexity index is 1400. The Kier molecular flexibility index (Phi) is 61.7. The molecule has 1 unspecified atom stereocenters. The Hall–Kier alpha value is -3.15. The highest BCUT2D eigenvalue weighted by atomic mass is 16.6. The number of ether oxygens (including phenoxy) is 3. The molecule has 440 valence electrons. The van der Waals surface area contributed by atoms with E-state index >= 15 is 0 Å². The first-order valence-electron chi connectivity index (χ1n) is 32.9. The Morgan fingerprint density at radius 3 is 0.908 bits per heavy atom. The first kappa shape index (κ1) is 72.8. The summed E-state index contributed by atoms with van der Waals surface area (Å²) in [7, 11) is 0. The van der Waals surface area contributed by atoms with Gasteiger partial charge in [0.15, 0.2) is 6.10 Å². The van der Waals surface area contributed by atoms with Gasteiger partial charge < -0.3 is 14.2 Å². The summed E-state index contributed by atoms with van der Waals surface area (Å²) in [5, 5.41) is 0. The summed E-state index contributed by atoms with van der Waals surface area (Å²) in [6.07, 6.45) is 83.8. The molecular weight excluding hydrogens is 937 g/mol. The van der Waals surface area contributed by atoms with E-state index < -0.39 is 12.1 Å². The fraction of sp³-hybridized carbons (Fsp3) is 0.786. The number of esters is 3. The van der Waals surface area contributed by atoms with Crippen LogP contribution in [-0.2, 0) is 28.6 Å². The molecule has 0 N–H and O–H groups in total. The Balaban J connectivity index is 4.34. The number of rotatable bonds is 60. The molecule has 0 aliphatic rings. The molecule has 0 aromatic rings. The van der Waals surface area contributed by atoms with E-state index in [0.717, 1.165) is 70.6 Å². The van der Waals surface area contributed by atoms with Gasteiger partial charge >= 0.3 is 17.9 Å². The zero-order valence-electron chi connectivity index (χ0n) is 50.5. The van der Waals surface area contributed by atoms with Crippen LogP contribution in [0.5, 0.6) is 0 Å². The van der Waals surface area contributed by atoms with E-state index in [-0.39, 0.29) is 31.6 Å². The monoisotopic (exact) mass is 1060 g/mol. The average Bonchev–Trinajstić information content (AvgIpc) is 3.42. The Labute approximate surface area is 472 Å². The van der Waals surface area contributed by atoms with E-state index in [1.165, 1.54) is 225 Å². The van der Waals surface area contributed by atoms with Gasteiger partial charge in [-0.15, -0.1) is 0 Å². The minimum absolute atomic E-state index is 0.102. The maximum atomic E-state index is 12.9. The molecule has 6 nitrogen and oxygen atoms in total. The second kappa shape index (κ2) is 64.4. The smallest absolute Gasteiger partial charge is 0.309 e. The minimum atomic E-state index is -0.814. The van der Waals surface area contributed by atoms with Crippen LogP contribution >= 0.6 is 0 Å². The van der Waals surface area contributed by atoms with Crippen molar-refractivity contribution < 1.29 is 28.6 Å². The summed E-state index contributed by atoms with van der Waals surface area (Å²) >= 11 is 0. The molecule has 0 radical (unpaired) electrons. The van der Waals surface area contributed by atoms with Crippen molar-refractivity contribution in [3.63, 3.8) is 0 Å². The molecule has 0 aliphatic carbocycles. The summed E-state index contributed by atoms with van der Waals surface area (Å²) in [5.74, 6) is -1.02. The van der Waals surface area contributed by atoms with Gasteiger partial charge in [0.25, 0.3) is 0 Å². The number of carbonyl (C=O) groups excluding carboxylic acids is 3. The van der Waals surface area contributed by atoms with Crippen LogP contribution in [0.3, 0.4) is 0 Å². The maximum absolute atomic E-state index is 12.9. The summed E-state index contributed by atoms with van der Waals surface area (Å²) in [6, 6.07) is 0. The molecule has 0 saturated heterocycles. The van der Waals surface area contributed by atoms with Gasteiger partial charge in [0.2, 0.25) is 0 Å². The van der Waals surface area contributed by atoms with E-state index in [0.29, 0.717) is 12.8 Å². The lowest BCUT2D eigenvalue weighted by Crippen LogP contribution is -2.30. The van der Waals surface area contributed by atoms with Gasteiger partial charge in [-0.05, 0) is 70.6 Å². The SMILES string of the molecule is CC/C=C\C/C=C\C/C=C\C/C=C\C/C=C\CC(=O)OCC(COC(=O)CCCCCCCCCCCCCCC/C=C\CCCCCCCCCC)OC(=O)CCCCCCCCCCCCCCCCCCCC. The van der Waals surface area contributed by atoms with Gasteiger partial charge in [-0.25, -0.2) is 0 Å². The van der Waals surface area contributed by atoms with Crippen LogP contribution in [0.4, 0.5) is 0 Å². The molecule has 0 aromatic heterocycles. The lowest BCUT2D eigenvalue weighted by molar-refractivity contribution is -0.166. The van der Waals surface area contributed by atoms with Gasteiger partial charge in [0, 0.05) is 12.8 Å². The van der Waals surface area contributed by atoms with Gasteiger partial charge in [-0.3, -0.25) is 14.4 Å². The summed E-state index contributed by atoms with van der Waals surface area (Å²) in [4.78, 5) is 38.3. The maximum Gasteiger partial charge on any atom is 0.309 e. The molecule has 0 bridgehead atoms. The van der Waals surface area contributed by atoms with Gasteiger partial charge in [0.1, 0.15) is 13.2 Å². The molecule has 76 heavy (non-hydrogen) atoms. The molecule has 0 rings (SSSR count). The molecule has 1 atom stereocenters. The van der Waals surface area contributed by atoms with Crippen LogP contribution < -0.4 is 0 Å². The fourth-order valence-corrected chi connectivity index (χ4v) is 9.57. The van der Waals surface area contributed by atoms with E-state index in [9.17, 15) is 14.4 Å². The highest BCUT2D eigenvalue weighted by Gasteiger charge is 2.19. The lowest BCUT2D eigenvalue weighted by Gasteiger charge is -2.18. The number of allylic oxidation sites excluding steroid dienone is 11. The van der Waals surface area contributed by atoms with Crippen molar-refractivity contribution >= 4 is 17.9 Å². The average molecular weight is 1060 g/mol. The normalized spacial score (nSPS) is 12.5. The van der Waals surface area contributed by atoms with Crippen molar-refractivity contribution in [3.05, 3.63) is 72.9 Å². The molecule has 0 fully saturated rings. The van der Waals surface area contributed by atoms with E-state index in [4.69, 9.17) is 14.2 Å². The molecule has 0 aliphatic heterocycles. The van der Waals surface area contributed by atoms with Crippen LogP contribution in [0, 0.1) is 0 Å². The molecule has 0 spiro atoms. The fourth-order valence-electron chi connectivity index (χ4n) is 9.57. The molecule has 0 aromatic carbocycles. The van der Waals surface area contributed by atoms with E-state index in [2.05, 4.69) is 81.5 Å². The number of carbonyl (C=O) groups is 3. The van der Waals surface area contributed by atoms with Crippen molar-refractivity contribution in [1.82, 2.24) is 0 Å². The molecule has 6 heteroatoms. The van der Waals surface area contributed by atoms with Crippen LogP contribution in [0.25, 0.3) is 0 Å². The van der Waals surface area contributed by atoms with Gasteiger partial charge in [-0.1, -0.05) is 318 Å². The zero-order chi connectivity index (χ0) is 55.0. The molecule has 0 amide bonds. The first-order chi connectivity index (χ1) is 37.5. The zero-order valence-corrected chi connectivity index (χ0v) is 50.5. The molecule has 0 saturated carbocycles. The summed E-state index contributed by atoms with van der Waals surface area (Å²) < 4.78 is 16.8. The van der Waals surface area contributed by atoms with Crippen molar-refractivity contribution in [2.45, 2.75) is 341 Å². The standard InChI is InChI=1S/C70H124O6/c1-4-7-10-13-16-19-22-25-28-30-32-33-34-35-36-37-38-40-42-45-48-51-54-57-60-63-69(72)75-66-67(65-74-68(71)62-59-56-53-50-47-44-41-27-24-21-18-15-12-9-6-3)76-70(73)64-61-58-55-52-49-46-43-39-31-29-26-23-20-17-14-11-8-5-2/h9,12,18,21,27,30,32,41,47,50,56,59,67H,4-8,10-11,13-17,19-20,22-26,28-29,31,33-40,42-46,48-49,51-55,57-58,60-66H2,1-3H3/b12-9-,21-18-,32-30-,41-27-,50-47-,59-56-. The van der Waals surface area contributed by atoms with Crippen molar-refractivity contribution in [2.75, 3.05) is 13.2 Å². The second-order valence-corrected chi connectivity index (χ2v) is 22.0. The van der Waals surface area contributed by atoms with Crippen LogP contribution in [0.15, 0.2) is 72.9 Å². The predicted octanol–water partition coefficient (Wildman–Crippen LogP) is 22.5. The number of hydrogen-bond donors (Lipinski definition) is 0. The first-order valence-corrected chi connectivity index (χ1v) is 32.9. The highest BCUT2D eigenvalue weighted by molar-refractivity contribution is 5.72. The van der Waals surface area contributed by atoms with Crippen molar-refractivity contribution in [3.8, 4) is 0 Å². The Morgan fingerprint density at radius 1 is 0.289 bits per heavy atom. The third-order valence-electron chi connectivity index (χ3n) is 14.5. The van der Waals surface area contributed by atoms with Crippen LogP contribution in [-0.4, -0.2) is 37.2 Å². The Morgan fingerprint density at radius 2 is 0.566 bits per heavy atom. The van der Waals surface area contributed by atoms with Gasteiger partial charge in [-0.2, -0.15) is 0 Å². The second-order valence-electron chi connectivity index (χ2n) is 22.0. The van der Waals surface area contributed by atoms with Crippen molar-refractivity contribution in [1.29, 1.82) is 0 Å². The highest BCUT2D eigenvalue weighted by Crippen LogP contribution is 2.17. The van der Waals surface area contributed by atoms with Crippen LogP contribution in [0.1, 0.15) is 335 Å². The lowest BCUT2D eigenvalue weighted by atomic mass is 10.0. The molecular formula is C70H124O6. The van der Waals surface area contributed by atoms with E-state index in [1.54, 1.807) is 6.08 Å². The van der Waals surface area contributed by atoms with Gasteiger partial charge in [0.05, 0.1) is 6.42 Å². The summed E-state index contributed by atoms with van der Waals surface area (Å²) in [5.41, 5.74) is 0. The topological polar surface area (TPSA) is 78.9 Å². The number of hydrogen-bond acceptors (Lipinski definition) is 6. The van der Waals surface area contributed by atoms with E-state index in [1.807, 2.05) is 6.08 Å². The quantitative estimate of drug-likeness (QED) is 0.0261. The third kappa shape index (κ3) is 61.7. The number of unbranched alkanes of at least 4 members (excludes halogenated alkanes) is 38. The van der Waals surface area contributed by atoms with Crippen molar-refractivity contribution in [2.24, 2.45) is 0 Å².